The molecule has 0 aromatic rings. The predicted molar refractivity (Wildman–Crippen MR) is 75.9 cm³/mol. The summed E-state index contributed by atoms with van der Waals surface area (Å²) in [6.45, 7) is 0.801. The maximum atomic E-state index is 12.4. The van der Waals surface area contributed by atoms with Crippen LogP contribution >= 0.6 is 0 Å². The second-order valence-corrected chi connectivity index (χ2v) is 6.53. The van der Waals surface area contributed by atoms with E-state index in [2.05, 4.69) is 5.32 Å². The fraction of sp³-hybridized carbons (Fsp3) is 0.933. The van der Waals surface area contributed by atoms with Gasteiger partial charge in [-0.05, 0) is 38.6 Å². The van der Waals surface area contributed by atoms with Crippen LogP contribution in [0.3, 0.4) is 0 Å². The van der Waals surface area contributed by atoms with Crippen LogP contribution in [-0.4, -0.2) is 48.2 Å². The Hall–Kier alpha value is -0.610. The molecule has 0 atom stereocenters. The lowest BCUT2D eigenvalue weighted by atomic mass is 9.78. The Balaban J connectivity index is 1.81. The number of hydrogen-bond acceptors (Lipinski definition) is 3. The molecule has 0 bridgehead atoms. The van der Waals surface area contributed by atoms with Crippen LogP contribution in [0.2, 0.25) is 0 Å². The van der Waals surface area contributed by atoms with E-state index in [9.17, 15) is 9.90 Å². The van der Waals surface area contributed by atoms with E-state index in [4.69, 9.17) is 0 Å². The van der Waals surface area contributed by atoms with Crippen molar-refractivity contribution in [3.63, 3.8) is 0 Å². The molecule has 0 aliphatic heterocycles. The molecule has 4 nitrogen and oxygen atoms in total. The number of carbonyl (C=O) groups excluding carboxylic acids is 1. The van der Waals surface area contributed by atoms with Crippen LogP contribution in [0.15, 0.2) is 0 Å². The van der Waals surface area contributed by atoms with Gasteiger partial charge in [0.2, 0.25) is 5.91 Å². The first-order valence-electron chi connectivity index (χ1n) is 7.65. The molecule has 2 rings (SSSR count). The van der Waals surface area contributed by atoms with Gasteiger partial charge in [0.05, 0.1) is 6.10 Å². The first-order chi connectivity index (χ1) is 9.04. The highest BCUT2D eigenvalue weighted by atomic mass is 16.3. The summed E-state index contributed by atoms with van der Waals surface area (Å²) in [6.07, 6.45) is 8.19. The SMILES string of the molecule is CNC1(CC(=O)N(C)CC2CC(O)C2)CCCCC1. The monoisotopic (exact) mass is 268 g/mol. The lowest BCUT2D eigenvalue weighted by Crippen LogP contribution is -2.49. The average molecular weight is 268 g/mol. The second-order valence-electron chi connectivity index (χ2n) is 6.53. The van der Waals surface area contributed by atoms with Crippen LogP contribution < -0.4 is 5.32 Å². The molecule has 2 aliphatic carbocycles. The zero-order chi connectivity index (χ0) is 13.9. The Morgan fingerprint density at radius 3 is 2.47 bits per heavy atom. The molecule has 2 N–H and O–H groups in total. The first-order valence-corrected chi connectivity index (χ1v) is 7.65. The summed E-state index contributed by atoms with van der Waals surface area (Å²) in [4.78, 5) is 14.2. The number of rotatable bonds is 5. The van der Waals surface area contributed by atoms with Crippen LogP contribution in [-0.2, 0) is 4.79 Å². The van der Waals surface area contributed by atoms with Gasteiger partial charge < -0.3 is 15.3 Å². The summed E-state index contributed by atoms with van der Waals surface area (Å²) in [7, 11) is 3.89. The summed E-state index contributed by atoms with van der Waals surface area (Å²) in [5, 5.41) is 12.7. The molecule has 110 valence electrons. The van der Waals surface area contributed by atoms with Crippen molar-refractivity contribution < 1.29 is 9.90 Å². The molecule has 19 heavy (non-hydrogen) atoms. The van der Waals surface area contributed by atoms with E-state index in [1.807, 2.05) is 19.0 Å². The normalized spacial score (nSPS) is 29.6. The van der Waals surface area contributed by atoms with Crippen LogP contribution in [0.5, 0.6) is 0 Å². The van der Waals surface area contributed by atoms with Gasteiger partial charge in [-0.2, -0.15) is 0 Å². The fourth-order valence-electron chi connectivity index (χ4n) is 3.51. The summed E-state index contributed by atoms with van der Waals surface area (Å²) in [6, 6.07) is 0. The van der Waals surface area contributed by atoms with Crippen LogP contribution in [0.4, 0.5) is 0 Å². The van der Waals surface area contributed by atoms with E-state index >= 15 is 0 Å². The molecular formula is C15H28N2O2. The summed E-state index contributed by atoms with van der Waals surface area (Å²) < 4.78 is 0. The lowest BCUT2D eigenvalue weighted by molar-refractivity contribution is -0.133. The number of carbonyl (C=O) groups is 1. The largest absolute Gasteiger partial charge is 0.393 e. The molecule has 0 spiro atoms. The van der Waals surface area contributed by atoms with Crippen molar-refractivity contribution in [2.24, 2.45) is 5.92 Å². The molecule has 0 saturated heterocycles. The minimum absolute atomic E-state index is 0.0305. The van der Waals surface area contributed by atoms with E-state index < -0.39 is 0 Å². The van der Waals surface area contributed by atoms with E-state index in [0.29, 0.717) is 12.3 Å². The Morgan fingerprint density at radius 2 is 1.95 bits per heavy atom. The maximum Gasteiger partial charge on any atom is 0.224 e. The molecule has 0 radical (unpaired) electrons. The van der Waals surface area contributed by atoms with Gasteiger partial charge >= 0.3 is 0 Å². The van der Waals surface area contributed by atoms with Gasteiger partial charge in [0, 0.05) is 25.6 Å². The smallest absolute Gasteiger partial charge is 0.224 e. The van der Waals surface area contributed by atoms with E-state index in [0.717, 1.165) is 32.2 Å². The van der Waals surface area contributed by atoms with Gasteiger partial charge in [-0.15, -0.1) is 0 Å². The van der Waals surface area contributed by atoms with Gasteiger partial charge in [0.15, 0.2) is 0 Å². The van der Waals surface area contributed by atoms with Crippen molar-refractivity contribution in [2.45, 2.75) is 63.0 Å². The highest BCUT2D eigenvalue weighted by molar-refractivity contribution is 5.77. The van der Waals surface area contributed by atoms with Crippen molar-refractivity contribution in [2.75, 3.05) is 20.6 Å². The lowest BCUT2D eigenvalue weighted by Gasteiger charge is -2.39. The van der Waals surface area contributed by atoms with E-state index in [1.54, 1.807) is 0 Å². The molecule has 0 aromatic heterocycles. The minimum atomic E-state index is -0.129. The summed E-state index contributed by atoms with van der Waals surface area (Å²) in [5.41, 5.74) is 0.0305. The third-order valence-electron chi connectivity index (χ3n) is 5.00. The Morgan fingerprint density at radius 1 is 1.32 bits per heavy atom. The van der Waals surface area contributed by atoms with Crippen molar-refractivity contribution in [3.05, 3.63) is 0 Å². The number of nitrogens with zero attached hydrogens (tertiary/aromatic N) is 1. The molecular weight excluding hydrogens is 240 g/mol. The van der Waals surface area contributed by atoms with Crippen LogP contribution in [0.25, 0.3) is 0 Å². The number of amides is 1. The summed E-state index contributed by atoms with van der Waals surface area (Å²) >= 11 is 0. The van der Waals surface area contributed by atoms with E-state index in [1.165, 1.54) is 19.3 Å². The van der Waals surface area contributed by atoms with Gasteiger partial charge in [-0.25, -0.2) is 0 Å². The highest BCUT2D eigenvalue weighted by Crippen LogP contribution is 2.32. The Kier molecular flexibility index (Phi) is 4.85. The van der Waals surface area contributed by atoms with Crippen molar-refractivity contribution >= 4 is 5.91 Å². The minimum Gasteiger partial charge on any atom is -0.393 e. The molecule has 0 aromatic carbocycles. The highest BCUT2D eigenvalue weighted by Gasteiger charge is 2.35. The molecule has 2 aliphatic rings. The van der Waals surface area contributed by atoms with Gasteiger partial charge in [0.1, 0.15) is 0 Å². The van der Waals surface area contributed by atoms with Crippen molar-refractivity contribution in [3.8, 4) is 0 Å². The predicted octanol–water partition coefficient (Wildman–Crippen LogP) is 1.53. The third kappa shape index (κ3) is 3.69. The van der Waals surface area contributed by atoms with Crippen molar-refractivity contribution in [1.29, 1.82) is 0 Å². The zero-order valence-electron chi connectivity index (χ0n) is 12.3. The standard InChI is InChI=1S/C15H28N2O2/c1-16-15(6-4-3-5-7-15)10-14(19)17(2)11-12-8-13(18)9-12/h12-13,16,18H,3-11H2,1-2H3. The molecule has 0 unspecified atom stereocenters. The van der Waals surface area contributed by atoms with Crippen LogP contribution in [0, 0.1) is 5.92 Å². The number of aliphatic hydroxyl groups excluding tert-OH is 1. The van der Waals surface area contributed by atoms with E-state index in [-0.39, 0.29) is 17.6 Å². The van der Waals surface area contributed by atoms with Gasteiger partial charge in [-0.3, -0.25) is 4.79 Å². The Labute approximate surface area is 116 Å². The van der Waals surface area contributed by atoms with Crippen molar-refractivity contribution in [1.82, 2.24) is 10.2 Å². The average Bonchev–Trinajstić information content (AvgIpc) is 2.38. The first kappa shape index (κ1) is 14.8. The topological polar surface area (TPSA) is 52.6 Å². The fourth-order valence-corrected chi connectivity index (χ4v) is 3.51. The maximum absolute atomic E-state index is 12.4. The number of aliphatic hydroxyl groups is 1. The zero-order valence-corrected chi connectivity index (χ0v) is 12.3. The van der Waals surface area contributed by atoms with Gasteiger partial charge in [-0.1, -0.05) is 19.3 Å². The molecule has 2 fully saturated rings. The quantitative estimate of drug-likeness (QED) is 0.795. The van der Waals surface area contributed by atoms with Crippen LogP contribution in [0.1, 0.15) is 51.4 Å². The molecule has 4 heteroatoms. The Bertz CT molecular complexity index is 307. The molecule has 1 amide bonds. The molecule has 2 saturated carbocycles. The number of nitrogens with one attached hydrogen (secondary N) is 1. The molecule has 0 heterocycles. The second kappa shape index (κ2) is 6.23. The number of hydrogen-bond donors (Lipinski definition) is 2. The van der Waals surface area contributed by atoms with Gasteiger partial charge in [0.25, 0.3) is 0 Å². The summed E-state index contributed by atoms with van der Waals surface area (Å²) in [5.74, 6) is 0.749. The third-order valence-corrected chi connectivity index (χ3v) is 5.00.